The fraction of sp³-hybridized carbons (Fsp3) is 0.500. The third-order valence-corrected chi connectivity index (χ3v) is 4.63. The molecule has 1 heterocycles. The van der Waals surface area contributed by atoms with Crippen LogP contribution in [0.25, 0.3) is 0 Å². The van der Waals surface area contributed by atoms with E-state index < -0.39 is 42.0 Å². The quantitative estimate of drug-likeness (QED) is 0.416. The van der Waals surface area contributed by atoms with Gasteiger partial charge in [-0.15, -0.1) is 0 Å². The first-order valence-corrected chi connectivity index (χ1v) is 8.76. The molecule has 1 aromatic rings. The summed E-state index contributed by atoms with van der Waals surface area (Å²) in [5, 5.41) is 30.7. The molecule has 1 aromatic carbocycles. The number of phenols is 1. The van der Waals surface area contributed by atoms with Crippen LogP contribution in [0, 0.1) is 0 Å². The first kappa shape index (κ1) is 20.7. The Morgan fingerprint density at radius 3 is 2.48 bits per heavy atom. The Morgan fingerprint density at radius 2 is 1.93 bits per heavy atom. The Labute approximate surface area is 156 Å². The number of carbonyl (C=O) groups is 3. The molecule has 1 aliphatic rings. The molecular weight excluding hydrogens is 354 g/mol. The molecule has 9 nitrogen and oxygen atoms in total. The second-order valence-corrected chi connectivity index (χ2v) is 6.73. The molecule has 1 aliphatic heterocycles. The van der Waals surface area contributed by atoms with Crippen LogP contribution in [0.1, 0.15) is 25.3 Å². The van der Waals surface area contributed by atoms with Gasteiger partial charge in [-0.05, 0) is 37.5 Å². The van der Waals surface area contributed by atoms with Crippen molar-refractivity contribution in [3.05, 3.63) is 29.8 Å². The van der Waals surface area contributed by atoms with E-state index in [-0.39, 0.29) is 12.2 Å². The molecule has 1 fully saturated rings. The topological polar surface area (TPSA) is 153 Å². The average Bonchev–Trinajstić information content (AvgIpc) is 3.11. The van der Waals surface area contributed by atoms with E-state index in [2.05, 4.69) is 5.32 Å². The summed E-state index contributed by atoms with van der Waals surface area (Å²) in [6, 6.07) is 2.94. The molecule has 0 radical (unpaired) electrons. The van der Waals surface area contributed by atoms with E-state index in [1.165, 1.54) is 24.0 Å². The SMILES string of the molecule is CC(O)C(N)C(=O)NC(Cc1ccc(O)cc1)C(=O)N1CCCC1C(=O)O. The largest absolute Gasteiger partial charge is 0.508 e. The molecule has 2 rings (SSSR count). The lowest BCUT2D eigenvalue weighted by atomic mass is 10.0. The number of nitrogens with zero attached hydrogens (tertiary/aromatic N) is 1. The second-order valence-electron chi connectivity index (χ2n) is 6.73. The first-order chi connectivity index (χ1) is 12.7. The van der Waals surface area contributed by atoms with E-state index in [1.54, 1.807) is 12.1 Å². The minimum Gasteiger partial charge on any atom is -0.508 e. The molecular formula is C18H25N3O6. The van der Waals surface area contributed by atoms with E-state index in [0.29, 0.717) is 24.9 Å². The molecule has 9 heteroatoms. The van der Waals surface area contributed by atoms with Crippen molar-refractivity contribution in [3.63, 3.8) is 0 Å². The lowest BCUT2D eigenvalue weighted by molar-refractivity contribution is -0.149. The number of rotatable bonds is 7. The zero-order valence-electron chi connectivity index (χ0n) is 15.0. The monoisotopic (exact) mass is 379 g/mol. The van der Waals surface area contributed by atoms with Crippen LogP contribution in [0.3, 0.4) is 0 Å². The van der Waals surface area contributed by atoms with Crippen molar-refractivity contribution in [2.45, 2.75) is 50.4 Å². The van der Waals surface area contributed by atoms with Crippen molar-refractivity contribution >= 4 is 17.8 Å². The van der Waals surface area contributed by atoms with Gasteiger partial charge in [0, 0.05) is 13.0 Å². The smallest absolute Gasteiger partial charge is 0.326 e. The van der Waals surface area contributed by atoms with Crippen LogP contribution in [-0.2, 0) is 20.8 Å². The normalized spacial score (nSPS) is 20.0. The maximum Gasteiger partial charge on any atom is 0.326 e. The minimum absolute atomic E-state index is 0.0623. The highest BCUT2D eigenvalue weighted by atomic mass is 16.4. The molecule has 6 N–H and O–H groups in total. The molecule has 1 saturated heterocycles. The van der Waals surface area contributed by atoms with E-state index in [4.69, 9.17) is 5.73 Å². The van der Waals surface area contributed by atoms with Gasteiger partial charge in [-0.2, -0.15) is 0 Å². The number of likely N-dealkylation sites (tertiary alicyclic amines) is 1. The number of hydrogen-bond acceptors (Lipinski definition) is 6. The molecule has 27 heavy (non-hydrogen) atoms. The molecule has 0 aliphatic carbocycles. The standard InChI is InChI=1S/C18H25N3O6/c1-10(22)15(19)16(24)20-13(9-11-4-6-12(23)7-5-11)17(25)21-8-2-3-14(21)18(26)27/h4-7,10,13-15,22-23H,2-3,8-9,19H2,1H3,(H,20,24)(H,26,27). The van der Waals surface area contributed by atoms with Crippen LogP contribution in [0.4, 0.5) is 0 Å². The summed E-state index contributed by atoms with van der Waals surface area (Å²) in [5.74, 6) is -2.24. The maximum atomic E-state index is 13.0. The Balaban J connectivity index is 2.22. The zero-order chi connectivity index (χ0) is 20.1. The molecule has 2 amide bonds. The van der Waals surface area contributed by atoms with E-state index in [0.717, 1.165) is 0 Å². The van der Waals surface area contributed by atoms with Crippen LogP contribution < -0.4 is 11.1 Å². The summed E-state index contributed by atoms with van der Waals surface area (Å²) in [4.78, 5) is 37.8. The van der Waals surface area contributed by atoms with Crippen molar-refractivity contribution in [3.8, 4) is 5.75 Å². The number of hydrogen-bond donors (Lipinski definition) is 5. The Kier molecular flexibility index (Phi) is 6.75. The molecule has 4 atom stereocenters. The highest BCUT2D eigenvalue weighted by Crippen LogP contribution is 2.20. The Morgan fingerprint density at radius 1 is 1.30 bits per heavy atom. The predicted molar refractivity (Wildman–Crippen MR) is 95.8 cm³/mol. The summed E-state index contributed by atoms with van der Waals surface area (Å²) in [6.45, 7) is 1.65. The fourth-order valence-electron chi connectivity index (χ4n) is 3.04. The highest BCUT2D eigenvalue weighted by molar-refractivity contribution is 5.92. The van der Waals surface area contributed by atoms with Crippen LogP contribution in [0.5, 0.6) is 5.75 Å². The van der Waals surface area contributed by atoms with Gasteiger partial charge in [0.25, 0.3) is 0 Å². The molecule has 0 bridgehead atoms. The zero-order valence-corrected chi connectivity index (χ0v) is 15.0. The summed E-state index contributed by atoms with van der Waals surface area (Å²) >= 11 is 0. The van der Waals surface area contributed by atoms with Crippen LogP contribution in [0.15, 0.2) is 24.3 Å². The molecule has 148 valence electrons. The number of aliphatic hydroxyl groups is 1. The third kappa shape index (κ3) is 5.18. The van der Waals surface area contributed by atoms with Crippen molar-refractivity contribution in [1.29, 1.82) is 0 Å². The van der Waals surface area contributed by atoms with Crippen molar-refractivity contribution in [2.24, 2.45) is 5.73 Å². The number of nitrogens with one attached hydrogen (secondary N) is 1. The number of amides is 2. The lowest BCUT2D eigenvalue weighted by Gasteiger charge is -2.28. The number of phenolic OH excluding ortho intramolecular Hbond substituents is 1. The van der Waals surface area contributed by atoms with Gasteiger partial charge in [0.05, 0.1) is 6.10 Å². The van der Waals surface area contributed by atoms with Crippen LogP contribution in [0.2, 0.25) is 0 Å². The average molecular weight is 379 g/mol. The molecule has 4 unspecified atom stereocenters. The number of nitrogens with two attached hydrogens (primary N) is 1. The van der Waals surface area contributed by atoms with Crippen molar-refractivity contribution < 1.29 is 29.7 Å². The fourth-order valence-corrected chi connectivity index (χ4v) is 3.04. The summed E-state index contributed by atoms with van der Waals surface area (Å²) in [5.41, 5.74) is 6.31. The van der Waals surface area contributed by atoms with Gasteiger partial charge in [-0.1, -0.05) is 12.1 Å². The number of carbonyl (C=O) groups excluding carboxylic acids is 2. The van der Waals surface area contributed by atoms with Gasteiger partial charge in [0.1, 0.15) is 23.9 Å². The van der Waals surface area contributed by atoms with Gasteiger partial charge in [0.15, 0.2) is 0 Å². The summed E-state index contributed by atoms with van der Waals surface area (Å²) < 4.78 is 0. The number of aliphatic carboxylic acids is 1. The van der Waals surface area contributed by atoms with E-state index >= 15 is 0 Å². The Hall–Kier alpha value is -2.65. The van der Waals surface area contributed by atoms with Crippen LogP contribution >= 0.6 is 0 Å². The van der Waals surface area contributed by atoms with Gasteiger partial charge in [0.2, 0.25) is 11.8 Å². The first-order valence-electron chi connectivity index (χ1n) is 8.76. The highest BCUT2D eigenvalue weighted by Gasteiger charge is 2.38. The van der Waals surface area contributed by atoms with Gasteiger partial charge < -0.3 is 31.3 Å². The van der Waals surface area contributed by atoms with E-state index in [1.807, 2.05) is 0 Å². The second kappa shape index (κ2) is 8.83. The number of aromatic hydroxyl groups is 1. The number of carboxylic acid groups (broad SMARTS) is 1. The van der Waals surface area contributed by atoms with Gasteiger partial charge in [-0.25, -0.2) is 4.79 Å². The van der Waals surface area contributed by atoms with E-state index in [9.17, 15) is 29.7 Å². The number of aliphatic hydroxyl groups excluding tert-OH is 1. The predicted octanol–water partition coefficient (Wildman–Crippen LogP) is -0.797. The minimum atomic E-state index is -1.21. The lowest BCUT2D eigenvalue weighted by Crippen LogP contribution is -2.57. The maximum absolute atomic E-state index is 13.0. The Bertz CT molecular complexity index is 691. The van der Waals surface area contributed by atoms with Gasteiger partial charge >= 0.3 is 5.97 Å². The summed E-state index contributed by atoms with van der Waals surface area (Å²) in [6.07, 6.45) is -0.0857. The molecule has 0 saturated carbocycles. The van der Waals surface area contributed by atoms with Crippen molar-refractivity contribution in [1.82, 2.24) is 10.2 Å². The van der Waals surface area contributed by atoms with Crippen LogP contribution in [-0.4, -0.2) is 68.8 Å². The molecule has 0 spiro atoms. The van der Waals surface area contributed by atoms with Crippen molar-refractivity contribution in [2.75, 3.05) is 6.54 Å². The number of carboxylic acids is 1. The molecule has 0 aromatic heterocycles. The number of benzene rings is 1. The summed E-state index contributed by atoms with van der Waals surface area (Å²) in [7, 11) is 0. The van der Waals surface area contributed by atoms with Gasteiger partial charge in [-0.3, -0.25) is 9.59 Å². The third-order valence-electron chi connectivity index (χ3n) is 4.63.